The molecular weight excluding hydrogens is 318 g/mol. The summed E-state index contributed by atoms with van der Waals surface area (Å²) >= 11 is 0. The summed E-state index contributed by atoms with van der Waals surface area (Å²) in [5, 5.41) is 2.61. The molecule has 1 aliphatic carbocycles. The van der Waals surface area contributed by atoms with Gasteiger partial charge in [0.25, 0.3) is 0 Å². The van der Waals surface area contributed by atoms with Crippen LogP contribution in [0.5, 0.6) is 0 Å². The van der Waals surface area contributed by atoms with Crippen molar-refractivity contribution in [1.82, 2.24) is 9.88 Å². The molecule has 3 heteroatoms. The number of fused-ring (bicyclic) bond motifs is 5. The molecule has 3 aromatic rings. The van der Waals surface area contributed by atoms with E-state index in [2.05, 4.69) is 88.0 Å². The highest BCUT2D eigenvalue weighted by Crippen LogP contribution is 2.46. The largest absolute Gasteiger partial charge is 0.355 e. The van der Waals surface area contributed by atoms with Gasteiger partial charge in [-0.3, -0.25) is 4.99 Å². The zero-order valence-electron chi connectivity index (χ0n) is 14.5. The first-order valence-electron chi connectivity index (χ1n) is 9.51. The van der Waals surface area contributed by atoms with Crippen LogP contribution in [0.15, 0.2) is 71.8 Å². The quantitative estimate of drug-likeness (QED) is 0.676. The minimum absolute atomic E-state index is 0.363. The summed E-state index contributed by atoms with van der Waals surface area (Å²) in [5.41, 5.74) is 3.83. The minimum Gasteiger partial charge on any atom is -0.355 e. The van der Waals surface area contributed by atoms with Gasteiger partial charge in [-0.1, -0.05) is 54.6 Å². The number of aromatic amines is 1. The van der Waals surface area contributed by atoms with Crippen molar-refractivity contribution < 1.29 is 0 Å². The summed E-state index contributed by atoms with van der Waals surface area (Å²) in [6.07, 6.45) is 12.5. The highest BCUT2D eigenvalue weighted by atomic mass is 15.3. The van der Waals surface area contributed by atoms with Crippen molar-refractivity contribution in [2.24, 2.45) is 16.8 Å². The van der Waals surface area contributed by atoms with Crippen molar-refractivity contribution in [3.8, 4) is 0 Å². The van der Waals surface area contributed by atoms with Crippen LogP contribution in [0.1, 0.15) is 18.0 Å². The second-order valence-corrected chi connectivity index (χ2v) is 7.75. The standard InChI is InChI=1S/C23H21N3/c1-2-6-18-15(5-1)11-17-13-24-14-26(17)23(18)16-9-10-20-19-7-3-4-8-21(19)25-22(20)12-16/h1-10,12,14-15,17-18,23,25H,11,13H2. The van der Waals surface area contributed by atoms with Gasteiger partial charge in [0.1, 0.15) is 0 Å². The smallest absolute Gasteiger partial charge is 0.0859 e. The van der Waals surface area contributed by atoms with E-state index in [0.29, 0.717) is 23.9 Å². The molecule has 0 amide bonds. The lowest BCUT2D eigenvalue weighted by molar-refractivity contribution is 0.117. The Morgan fingerprint density at radius 2 is 1.85 bits per heavy atom. The van der Waals surface area contributed by atoms with Gasteiger partial charge in [-0.25, -0.2) is 0 Å². The number of piperidine rings is 1. The molecule has 3 nitrogen and oxygen atoms in total. The number of rotatable bonds is 1. The van der Waals surface area contributed by atoms with E-state index in [1.165, 1.54) is 33.8 Å². The van der Waals surface area contributed by atoms with E-state index in [4.69, 9.17) is 0 Å². The van der Waals surface area contributed by atoms with E-state index >= 15 is 0 Å². The lowest BCUT2D eigenvalue weighted by Crippen LogP contribution is -2.46. The van der Waals surface area contributed by atoms with Crippen LogP contribution in [0, 0.1) is 11.8 Å². The molecule has 0 radical (unpaired) electrons. The van der Waals surface area contributed by atoms with Crippen molar-refractivity contribution in [3.05, 3.63) is 72.3 Å². The van der Waals surface area contributed by atoms with E-state index in [0.717, 1.165) is 6.54 Å². The highest BCUT2D eigenvalue weighted by Gasteiger charge is 2.42. The summed E-state index contributed by atoms with van der Waals surface area (Å²) in [7, 11) is 0. The van der Waals surface area contributed by atoms with Crippen molar-refractivity contribution in [2.75, 3.05) is 6.54 Å². The van der Waals surface area contributed by atoms with Gasteiger partial charge < -0.3 is 9.88 Å². The predicted molar refractivity (Wildman–Crippen MR) is 107 cm³/mol. The fourth-order valence-electron chi connectivity index (χ4n) is 5.16. The Morgan fingerprint density at radius 1 is 0.962 bits per heavy atom. The predicted octanol–water partition coefficient (Wildman–Crippen LogP) is 4.84. The molecule has 4 unspecified atom stereocenters. The molecule has 3 aliphatic rings. The molecular formula is C23H21N3. The second kappa shape index (κ2) is 5.34. The Morgan fingerprint density at radius 3 is 2.85 bits per heavy atom. The molecule has 0 spiro atoms. The molecule has 2 aliphatic heterocycles. The van der Waals surface area contributed by atoms with E-state index in [1.807, 2.05) is 0 Å². The first-order valence-corrected chi connectivity index (χ1v) is 9.51. The van der Waals surface area contributed by atoms with Crippen molar-refractivity contribution >= 4 is 28.1 Å². The van der Waals surface area contributed by atoms with Crippen LogP contribution in [0.25, 0.3) is 21.8 Å². The molecule has 6 rings (SSSR count). The van der Waals surface area contributed by atoms with Gasteiger partial charge in [-0.05, 0) is 30.0 Å². The number of benzene rings is 2. The first kappa shape index (κ1) is 14.4. The Hall–Kier alpha value is -2.81. The van der Waals surface area contributed by atoms with Crippen LogP contribution in [0.2, 0.25) is 0 Å². The summed E-state index contributed by atoms with van der Waals surface area (Å²) in [5.74, 6) is 1.13. The lowest BCUT2D eigenvalue weighted by atomic mass is 9.73. The van der Waals surface area contributed by atoms with Gasteiger partial charge in [0, 0.05) is 27.7 Å². The normalized spacial score (nSPS) is 29.5. The van der Waals surface area contributed by atoms with Gasteiger partial charge in [-0.15, -0.1) is 0 Å². The van der Waals surface area contributed by atoms with E-state index in [9.17, 15) is 0 Å². The number of hydrogen-bond donors (Lipinski definition) is 1. The Labute approximate surface area is 152 Å². The van der Waals surface area contributed by atoms with Crippen molar-refractivity contribution in [1.29, 1.82) is 0 Å². The Balaban J connectivity index is 1.51. The minimum atomic E-state index is 0.363. The molecule has 1 N–H and O–H groups in total. The SMILES string of the molecule is C1=CC2CC3CN=CN3C(c3ccc4c(c3)[nH]c3ccccc34)C2C=C1. The van der Waals surface area contributed by atoms with E-state index < -0.39 is 0 Å². The molecule has 1 aromatic heterocycles. The van der Waals surface area contributed by atoms with Crippen LogP contribution < -0.4 is 0 Å². The summed E-state index contributed by atoms with van der Waals surface area (Å²) in [6, 6.07) is 16.4. The first-order chi connectivity index (χ1) is 12.9. The van der Waals surface area contributed by atoms with Gasteiger partial charge >= 0.3 is 0 Å². The summed E-state index contributed by atoms with van der Waals surface area (Å²) in [4.78, 5) is 10.7. The van der Waals surface area contributed by atoms with Gasteiger partial charge in [0.05, 0.1) is 25.0 Å². The van der Waals surface area contributed by atoms with E-state index in [1.54, 1.807) is 0 Å². The van der Waals surface area contributed by atoms with E-state index in [-0.39, 0.29) is 0 Å². The molecule has 0 bridgehead atoms. The third kappa shape index (κ3) is 1.97. The van der Waals surface area contributed by atoms with Crippen LogP contribution in [0.4, 0.5) is 0 Å². The zero-order chi connectivity index (χ0) is 17.1. The lowest BCUT2D eigenvalue weighted by Gasteiger charge is -2.46. The maximum absolute atomic E-state index is 4.60. The van der Waals surface area contributed by atoms with Crippen LogP contribution in [-0.4, -0.2) is 28.8 Å². The number of para-hydroxylation sites is 1. The number of aromatic nitrogens is 1. The molecule has 1 fully saturated rings. The number of allylic oxidation sites excluding steroid dienone is 3. The van der Waals surface area contributed by atoms with Crippen molar-refractivity contribution in [3.63, 3.8) is 0 Å². The summed E-state index contributed by atoms with van der Waals surface area (Å²) in [6.45, 7) is 0.936. The van der Waals surface area contributed by atoms with Crippen molar-refractivity contribution in [2.45, 2.75) is 18.5 Å². The number of H-pyrrole nitrogens is 1. The van der Waals surface area contributed by atoms with Gasteiger partial charge in [0.2, 0.25) is 0 Å². The third-order valence-corrected chi connectivity index (χ3v) is 6.35. The fourth-order valence-corrected chi connectivity index (χ4v) is 5.16. The molecule has 128 valence electrons. The van der Waals surface area contributed by atoms with Crippen LogP contribution in [-0.2, 0) is 0 Å². The average Bonchev–Trinajstić information content (AvgIpc) is 3.29. The number of nitrogens with one attached hydrogen (secondary N) is 1. The van der Waals surface area contributed by atoms with Gasteiger partial charge in [-0.2, -0.15) is 0 Å². The second-order valence-electron chi connectivity index (χ2n) is 7.75. The van der Waals surface area contributed by atoms with Crippen LogP contribution >= 0.6 is 0 Å². The molecule has 4 atom stereocenters. The zero-order valence-corrected chi connectivity index (χ0v) is 14.5. The molecule has 26 heavy (non-hydrogen) atoms. The fraction of sp³-hybridized carbons (Fsp3) is 0.261. The highest BCUT2D eigenvalue weighted by molar-refractivity contribution is 6.07. The third-order valence-electron chi connectivity index (χ3n) is 6.35. The maximum atomic E-state index is 4.60. The number of aliphatic imine (C=N–C) groups is 1. The average molecular weight is 339 g/mol. The summed E-state index contributed by atoms with van der Waals surface area (Å²) < 4.78 is 0. The molecule has 2 aromatic carbocycles. The molecule has 3 heterocycles. The number of hydrogen-bond acceptors (Lipinski definition) is 2. The topological polar surface area (TPSA) is 31.4 Å². The molecule has 0 saturated carbocycles. The molecule has 1 saturated heterocycles. The Kier molecular flexibility index (Phi) is 2.95. The van der Waals surface area contributed by atoms with Crippen LogP contribution in [0.3, 0.4) is 0 Å². The monoisotopic (exact) mass is 339 g/mol. The maximum Gasteiger partial charge on any atom is 0.0859 e. The van der Waals surface area contributed by atoms with Gasteiger partial charge in [0.15, 0.2) is 0 Å². The Bertz CT molecular complexity index is 1090. The number of nitrogens with zero attached hydrogens (tertiary/aromatic N) is 2.